The number of ether oxygens (including phenoxy) is 1. The minimum atomic E-state index is 0. The molecule has 3 aliphatic rings. The number of aliphatic imine (C=N–C) groups is 1. The Labute approximate surface area is 203 Å². The van der Waals surface area contributed by atoms with Crippen LogP contribution in [0.4, 0.5) is 0 Å². The smallest absolute Gasteiger partial charge is 0.225 e. The van der Waals surface area contributed by atoms with Gasteiger partial charge in [-0.25, -0.2) is 0 Å². The molecule has 7 heteroatoms. The van der Waals surface area contributed by atoms with Crippen LogP contribution in [0.5, 0.6) is 0 Å². The van der Waals surface area contributed by atoms with E-state index in [1.54, 1.807) is 0 Å². The molecule has 31 heavy (non-hydrogen) atoms. The number of piperidine rings is 1. The molecule has 0 aromatic heterocycles. The Morgan fingerprint density at radius 3 is 2.39 bits per heavy atom. The molecule has 1 aliphatic carbocycles. The predicted molar refractivity (Wildman–Crippen MR) is 135 cm³/mol. The molecule has 1 aromatic carbocycles. The fraction of sp³-hybridized carbons (Fsp3) is 0.667. The third kappa shape index (κ3) is 6.57. The van der Waals surface area contributed by atoms with Gasteiger partial charge in [-0.05, 0) is 50.0 Å². The molecule has 2 saturated heterocycles. The summed E-state index contributed by atoms with van der Waals surface area (Å²) >= 11 is 0. The van der Waals surface area contributed by atoms with Crippen molar-refractivity contribution in [1.82, 2.24) is 15.1 Å². The molecule has 0 radical (unpaired) electrons. The molecular formula is C24H37IN4O2. The van der Waals surface area contributed by atoms with E-state index in [2.05, 4.69) is 47.5 Å². The Hall–Kier alpha value is -1.35. The van der Waals surface area contributed by atoms with Crippen LogP contribution in [-0.2, 0) is 16.0 Å². The SMILES string of the molecule is CCNC(=NCC1(Cc2ccccc2)CC1)N1CCC(C(=O)N2CCOCC2)CC1.I. The van der Waals surface area contributed by atoms with Crippen LogP contribution in [0.1, 0.15) is 38.2 Å². The second-order valence-corrected chi connectivity index (χ2v) is 9.03. The second kappa shape index (κ2) is 11.5. The Morgan fingerprint density at radius 1 is 1.10 bits per heavy atom. The lowest BCUT2D eigenvalue weighted by molar-refractivity contribution is -0.140. The van der Waals surface area contributed by atoms with Gasteiger partial charge in [-0.2, -0.15) is 0 Å². The van der Waals surface area contributed by atoms with E-state index >= 15 is 0 Å². The quantitative estimate of drug-likeness (QED) is 0.342. The number of nitrogens with one attached hydrogen (secondary N) is 1. The monoisotopic (exact) mass is 540 g/mol. The molecule has 3 fully saturated rings. The molecule has 0 atom stereocenters. The molecule has 0 spiro atoms. The highest BCUT2D eigenvalue weighted by Crippen LogP contribution is 2.48. The summed E-state index contributed by atoms with van der Waals surface area (Å²) in [6, 6.07) is 10.8. The number of amides is 1. The molecule has 1 N–H and O–H groups in total. The summed E-state index contributed by atoms with van der Waals surface area (Å²) in [5.41, 5.74) is 1.75. The Morgan fingerprint density at radius 2 is 1.77 bits per heavy atom. The number of morpholine rings is 1. The number of hydrogen-bond donors (Lipinski definition) is 1. The summed E-state index contributed by atoms with van der Waals surface area (Å²) in [7, 11) is 0. The highest BCUT2D eigenvalue weighted by Gasteiger charge is 2.42. The molecular weight excluding hydrogens is 503 g/mol. The van der Waals surface area contributed by atoms with Gasteiger partial charge in [0.05, 0.1) is 13.2 Å². The van der Waals surface area contributed by atoms with Crippen LogP contribution in [0.25, 0.3) is 0 Å². The van der Waals surface area contributed by atoms with Crippen molar-refractivity contribution in [2.45, 2.75) is 39.0 Å². The average Bonchev–Trinajstić information content (AvgIpc) is 3.57. The lowest BCUT2D eigenvalue weighted by Gasteiger charge is -2.37. The zero-order valence-electron chi connectivity index (χ0n) is 18.7. The van der Waals surface area contributed by atoms with E-state index in [1.807, 2.05) is 4.90 Å². The summed E-state index contributed by atoms with van der Waals surface area (Å²) in [6.45, 7) is 8.52. The number of rotatable bonds is 6. The molecule has 1 aromatic rings. The average molecular weight is 540 g/mol. The fourth-order valence-corrected chi connectivity index (χ4v) is 4.65. The lowest BCUT2D eigenvalue weighted by atomic mass is 9.95. The summed E-state index contributed by atoms with van der Waals surface area (Å²) in [6.07, 6.45) is 5.47. The van der Waals surface area contributed by atoms with Gasteiger partial charge in [-0.15, -0.1) is 24.0 Å². The number of guanidine groups is 1. The van der Waals surface area contributed by atoms with Crippen molar-refractivity contribution in [1.29, 1.82) is 0 Å². The van der Waals surface area contributed by atoms with E-state index < -0.39 is 0 Å². The lowest BCUT2D eigenvalue weighted by Crippen LogP contribution is -2.50. The summed E-state index contributed by atoms with van der Waals surface area (Å²) in [5.74, 6) is 1.49. The van der Waals surface area contributed by atoms with Gasteiger partial charge >= 0.3 is 0 Å². The summed E-state index contributed by atoms with van der Waals surface area (Å²) in [4.78, 5) is 22.2. The molecule has 0 bridgehead atoms. The van der Waals surface area contributed by atoms with Crippen LogP contribution in [-0.4, -0.2) is 74.1 Å². The van der Waals surface area contributed by atoms with Gasteiger partial charge < -0.3 is 19.9 Å². The molecule has 0 unspecified atom stereocenters. The van der Waals surface area contributed by atoms with Crippen molar-refractivity contribution in [3.63, 3.8) is 0 Å². The standard InChI is InChI=1S/C24H36N4O2.HI/c1-2-25-23(26-19-24(10-11-24)18-20-6-4-3-5-7-20)28-12-8-21(9-13-28)22(29)27-14-16-30-17-15-27;/h3-7,21H,2,8-19H2,1H3,(H,25,26);1H. The third-order valence-electron chi connectivity index (χ3n) is 6.74. The first-order valence-corrected chi connectivity index (χ1v) is 11.6. The van der Waals surface area contributed by atoms with Crippen molar-refractivity contribution in [2.24, 2.45) is 16.3 Å². The predicted octanol–water partition coefficient (Wildman–Crippen LogP) is 3.16. The molecule has 2 aliphatic heterocycles. The topological polar surface area (TPSA) is 57.2 Å². The van der Waals surface area contributed by atoms with E-state index in [0.29, 0.717) is 24.5 Å². The highest BCUT2D eigenvalue weighted by molar-refractivity contribution is 14.0. The van der Waals surface area contributed by atoms with Crippen LogP contribution >= 0.6 is 24.0 Å². The minimum absolute atomic E-state index is 0. The van der Waals surface area contributed by atoms with Crippen molar-refractivity contribution in [3.05, 3.63) is 35.9 Å². The van der Waals surface area contributed by atoms with Crippen LogP contribution < -0.4 is 5.32 Å². The number of hydrogen-bond acceptors (Lipinski definition) is 3. The molecule has 2 heterocycles. The maximum absolute atomic E-state index is 12.8. The van der Waals surface area contributed by atoms with Gasteiger partial charge in [0.2, 0.25) is 5.91 Å². The van der Waals surface area contributed by atoms with Gasteiger partial charge in [-0.3, -0.25) is 9.79 Å². The summed E-state index contributed by atoms with van der Waals surface area (Å²) < 4.78 is 5.38. The van der Waals surface area contributed by atoms with Crippen molar-refractivity contribution >= 4 is 35.8 Å². The number of benzene rings is 1. The normalized spacial score (nSPS) is 21.4. The van der Waals surface area contributed by atoms with Gasteiger partial charge in [-0.1, -0.05) is 30.3 Å². The van der Waals surface area contributed by atoms with Crippen LogP contribution in [0, 0.1) is 11.3 Å². The third-order valence-corrected chi connectivity index (χ3v) is 6.74. The Balaban J connectivity index is 0.00000272. The van der Waals surface area contributed by atoms with Crippen molar-refractivity contribution in [2.75, 3.05) is 52.5 Å². The maximum Gasteiger partial charge on any atom is 0.225 e. The minimum Gasteiger partial charge on any atom is -0.378 e. The number of carbonyl (C=O) groups is 1. The molecule has 1 saturated carbocycles. The van der Waals surface area contributed by atoms with E-state index in [1.165, 1.54) is 18.4 Å². The number of halogens is 1. The fourth-order valence-electron chi connectivity index (χ4n) is 4.65. The van der Waals surface area contributed by atoms with E-state index in [4.69, 9.17) is 9.73 Å². The van der Waals surface area contributed by atoms with Gasteiger partial charge in [0.1, 0.15) is 0 Å². The van der Waals surface area contributed by atoms with Crippen LogP contribution in [0.3, 0.4) is 0 Å². The van der Waals surface area contributed by atoms with Gasteiger partial charge in [0.25, 0.3) is 0 Å². The molecule has 1 amide bonds. The molecule has 172 valence electrons. The molecule has 4 rings (SSSR count). The first-order chi connectivity index (χ1) is 14.7. The van der Waals surface area contributed by atoms with Gasteiger partial charge in [0.15, 0.2) is 5.96 Å². The zero-order chi connectivity index (χ0) is 20.8. The Kier molecular flexibility index (Phi) is 9.01. The number of carbonyl (C=O) groups excluding carboxylic acids is 1. The van der Waals surface area contributed by atoms with Gasteiger partial charge in [0, 0.05) is 45.2 Å². The Bertz CT molecular complexity index is 724. The number of nitrogens with zero attached hydrogens (tertiary/aromatic N) is 3. The van der Waals surface area contributed by atoms with E-state index in [0.717, 1.165) is 64.5 Å². The zero-order valence-corrected chi connectivity index (χ0v) is 21.1. The second-order valence-electron chi connectivity index (χ2n) is 9.03. The van der Waals surface area contributed by atoms with Crippen LogP contribution in [0.15, 0.2) is 35.3 Å². The van der Waals surface area contributed by atoms with Crippen molar-refractivity contribution < 1.29 is 9.53 Å². The number of likely N-dealkylation sites (tertiary alicyclic amines) is 1. The van der Waals surface area contributed by atoms with Crippen molar-refractivity contribution in [3.8, 4) is 0 Å². The maximum atomic E-state index is 12.8. The summed E-state index contributed by atoms with van der Waals surface area (Å²) in [5, 5.41) is 3.49. The van der Waals surface area contributed by atoms with E-state index in [9.17, 15) is 4.79 Å². The highest BCUT2D eigenvalue weighted by atomic mass is 127. The van der Waals surface area contributed by atoms with Crippen LogP contribution in [0.2, 0.25) is 0 Å². The molecule has 6 nitrogen and oxygen atoms in total. The first kappa shape index (κ1) is 24.3. The first-order valence-electron chi connectivity index (χ1n) is 11.6. The van der Waals surface area contributed by atoms with E-state index in [-0.39, 0.29) is 29.9 Å². The largest absolute Gasteiger partial charge is 0.378 e.